The number of hydrogen-bond acceptors (Lipinski definition) is 0. The third-order valence-electron chi connectivity index (χ3n) is 6.85. The zero-order chi connectivity index (χ0) is 19.8. The molecule has 2 aromatic rings. The van der Waals surface area contributed by atoms with E-state index in [0.29, 0.717) is 5.92 Å². The molecule has 0 saturated heterocycles. The third-order valence-corrected chi connectivity index (χ3v) is 15.0. The van der Waals surface area contributed by atoms with Crippen LogP contribution in [0, 0.1) is 5.92 Å². The minimum atomic E-state index is -2.13. The molecule has 160 valence electrons. The Kier molecular flexibility index (Phi) is 11.4. The van der Waals surface area contributed by atoms with E-state index < -0.39 is 8.07 Å². The second kappa shape index (κ2) is 11.5. The first-order chi connectivity index (χ1) is 12.8. The van der Waals surface area contributed by atoms with E-state index in [1.54, 1.807) is 19.8 Å². The standard InChI is InChI=1S/C25H31Si.3ClH.Ti/c1-19(2)18-26(23-13-9-7-10-14-23,24-15-11-8-12-16-24)25(6)17-20(3)21(4)22(25)5;;;;/h7-16,19H,18H2,1-6H3;3*1H;/q;;;;+3/p-3. The molecular formula is C25H31Cl3SiTi. The molecule has 0 N–H and O–H groups in total. The molecule has 0 saturated carbocycles. The summed E-state index contributed by atoms with van der Waals surface area (Å²) in [5.74, 6) is 0.649. The largest absolute Gasteiger partial charge is 1.00 e. The van der Waals surface area contributed by atoms with Crippen LogP contribution in [0.25, 0.3) is 0 Å². The van der Waals surface area contributed by atoms with E-state index >= 15 is 0 Å². The summed E-state index contributed by atoms with van der Waals surface area (Å²) in [6.07, 6.45) is 0. The van der Waals surface area contributed by atoms with Gasteiger partial charge in [-0.05, 0) is 0 Å². The van der Waals surface area contributed by atoms with E-state index in [0.717, 1.165) is 0 Å². The van der Waals surface area contributed by atoms with E-state index in [1.807, 2.05) is 0 Å². The van der Waals surface area contributed by atoms with Gasteiger partial charge in [0.15, 0.2) is 0 Å². The molecule has 0 aliphatic heterocycles. The first kappa shape index (κ1) is 29.7. The first-order valence-electron chi connectivity index (χ1n) is 9.99. The van der Waals surface area contributed by atoms with Crippen molar-refractivity contribution in [2.24, 2.45) is 5.92 Å². The summed E-state index contributed by atoms with van der Waals surface area (Å²) < 4.78 is 1.58. The topological polar surface area (TPSA) is 0 Å². The van der Waals surface area contributed by atoms with Gasteiger partial charge in [-0.15, -0.1) is 0 Å². The van der Waals surface area contributed by atoms with Gasteiger partial charge in [-0.2, -0.15) is 0 Å². The van der Waals surface area contributed by atoms with Gasteiger partial charge in [-0.3, -0.25) is 0 Å². The molecule has 0 bridgehead atoms. The Morgan fingerprint density at radius 1 is 0.767 bits per heavy atom. The fourth-order valence-corrected chi connectivity index (χ4v) is 13.3. The first-order valence-corrected chi connectivity index (χ1v) is 13.0. The van der Waals surface area contributed by atoms with Gasteiger partial charge in [0.25, 0.3) is 0 Å². The molecule has 0 aromatic heterocycles. The van der Waals surface area contributed by atoms with Gasteiger partial charge in [0, 0.05) is 0 Å². The minimum absolute atomic E-state index is 0. The molecule has 5 heteroatoms. The van der Waals surface area contributed by atoms with Gasteiger partial charge in [-0.1, -0.05) is 0 Å². The van der Waals surface area contributed by atoms with Crippen LogP contribution in [0.1, 0.15) is 41.5 Å². The van der Waals surface area contributed by atoms with Crippen molar-refractivity contribution in [1.29, 1.82) is 0 Å². The SMILES string of the molecule is CC1=C(C)C(C)([Si](CC(C)C)(c2ccccc2)c2ccccc2)[C]([Ti+3])=C1C.[Cl-].[Cl-].[Cl-]. The molecule has 0 spiro atoms. The second-order valence-electron chi connectivity index (χ2n) is 8.61. The summed E-state index contributed by atoms with van der Waals surface area (Å²) >= 11 is 2.39. The van der Waals surface area contributed by atoms with E-state index in [4.69, 9.17) is 0 Å². The molecule has 0 fully saturated rings. The van der Waals surface area contributed by atoms with Crippen LogP contribution in [0.2, 0.25) is 11.1 Å². The van der Waals surface area contributed by atoms with Gasteiger partial charge in [0.1, 0.15) is 0 Å². The normalized spacial score (nSPS) is 18.7. The van der Waals surface area contributed by atoms with Crippen LogP contribution in [-0.4, -0.2) is 8.07 Å². The molecule has 0 amide bonds. The average molecular weight is 514 g/mol. The summed E-state index contributed by atoms with van der Waals surface area (Å²) in [5, 5.41) is 3.23. The number of allylic oxidation sites excluding steroid dienone is 4. The molecule has 1 aliphatic carbocycles. The molecular weight excluding hydrogens is 483 g/mol. The van der Waals surface area contributed by atoms with Crippen LogP contribution in [0.15, 0.2) is 81.3 Å². The fraction of sp³-hybridized carbons (Fsp3) is 0.360. The van der Waals surface area contributed by atoms with Crippen LogP contribution in [0.5, 0.6) is 0 Å². The number of rotatable bonds is 5. The van der Waals surface area contributed by atoms with E-state index in [2.05, 4.69) is 123 Å². The molecule has 3 rings (SSSR count). The number of hydrogen-bond donors (Lipinski definition) is 0. The van der Waals surface area contributed by atoms with Crippen LogP contribution in [0.3, 0.4) is 0 Å². The quantitative estimate of drug-likeness (QED) is 0.371. The van der Waals surface area contributed by atoms with E-state index in [1.165, 1.54) is 17.2 Å². The van der Waals surface area contributed by atoms with Crippen molar-refractivity contribution >= 4 is 18.4 Å². The van der Waals surface area contributed by atoms with Gasteiger partial charge in [0.2, 0.25) is 0 Å². The van der Waals surface area contributed by atoms with Gasteiger partial charge in [0.05, 0.1) is 0 Å². The van der Waals surface area contributed by atoms with Crippen LogP contribution < -0.4 is 47.6 Å². The zero-order valence-electron chi connectivity index (χ0n) is 18.7. The summed E-state index contributed by atoms with van der Waals surface area (Å²) in [5.41, 5.74) is 4.59. The average Bonchev–Trinajstić information content (AvgIpc) is 2.83. The third kappa shape index (κ3) is 4.58. The molecule has 2 aromatic carbocycles. The predicted octanol–water partition coefficient (Wildman–Crippen LogP) is -3.15. The van der Waals surface area contributed by atoms with Crippen molar-refractivity contribution < 1.29 is 57.7 Å². The summed E-state index contributed by atoms with van der Waals surface area (Å²) in [4.78, 5) is 0. The van der Waals surface area contributed by atoms with Crippen LogP contribution in [-0.2, 0) is 20.4 Å². The Labute approximate surface area is 214 Å². The summed E-state index contributed by atoms with van der Waals surface area (Å²) in [7, 11) is -2.13. The Bertz CT molecular complexity index is 826. The van der Waals surface area contributed by atoms with Gasteiger partial charge in [-0.25, -0.2) is 0 Å². The van der Waals surface area contributed by atoms with Crippen molar-refractivity contribution in [2.45, 2.75) is 52.6 Å². The molecule has 0 radical (unpaired) electrons. The fourth-order valence-electron chi connectivity index (χ4n) is 5.18. The van der Waals surface area contributed by atoms with E-state index in [-0.39, 0.29) is 42.3 Å². The number of benzene rings is 2. The van der Waals surface area contributed by atoms with Crippen molar-refractivity contribution in [3.05, 3.63) is 81.3 Å². The maximum atomic E-state index is 2.55. The molecule has 0 nitrogen and oxygen atoms in total. The zero-order valence-corrected chi connectivity index (χ0v) is 23.5. The Balaban J connectivity index is 0.00000280. The Morgan fingerprint density at radius 2 is 1.17 bits per heavy atom. The molecule has 1 unspecified atom stereocenters. The van der Waals surface area contributed by atoms with Crippen LogP contribution in [0.4, 0.5) is 0 Å². The van der Waals surface area contributed by atoms with Crippen molar-refractivity contribution in [3.63, 3.8) is 0 Å². The number of halogens is 3. The van der Waals surface area contributed by atoms with Crippen molar-refractivity contribution in [3.8, 4) is 0 Å². The summed E-state index contributed by atoms with van der Waals surface area (Å²) in [6, 6.07) is 24.1. The Hall–Kier alpha value is -0.279. The molecule has 1 atom stereocenters. The monoisotopic (exact) mass is 512 g/mol. The second-order valence-corrected chi connectivity index (χ2v) is 13.8. The maximum absolute atomic E-state index is 2.55. The van der Waals surface area contributed by atoms with Gasteiger partial charge >= 0.3 is 179 Å². The van der Waals surface area contributed by atoms with Crippen LogP contribution >= 0.6 is 0 Å². The molecule has 30 heavy (non-hydrogen) atoms. The summed E-state index contributed by atoms with van der Waals surface area (Å²) in [6.45, 7) is 14.4. The molecule has 1 aliphatic rings. The minimum Gasteiger partial charge on any atom is -1.00 e. The van der Waals surface area contributed by atoms with Crippen molar-refractivity contribution in [1.82, 2.24) is 0 Å². The predicted molar refractivity (Wildman–Crippen MR) is 117 cm³/mol. The molecule has 0 heterocycles. The van der Waals surface area contributed by atoms with Crippen molar-refractivity contribution in [2.75, 3.05) is 0 Å². The van der Waals surface area contributed by atoms with E-state index in [9.17, 15) is 0 Å². The maximum Gasteiger partial charge on any atom is -1.00 e. The smallest absolute Gasteiger partial charge is 1.00 e. The van der Waals surface area contributed by atoms with Gasteiger partial charge < -0.3 is 37.2 Å². The Morgan fingerprint density at radius 3 is 1.47 bits per heavy atom.